The minimum atomic E-state index is -1.23. The monoisotopic (exact) mass is 346 g/mol. The summed E-state index contributed by atoms with van der Waals surface area (Å²) in [5.41, 5.74) is 7.46. The van der Waals surface area contributed by atoms with E-state index in [-0.39, 0.29) is 30.8 Å². The van der Waals surface area contributed by atoms with Crippen LogP contribution in [0.2, 0.25) is 0 Å². The third-order valence-corrected chi connectivity index (χ3v) is 3.99. The highest BCUT2D eigenvalue weighted by atomic mass is 16.5. The number of aryl methyl sites for hydroxylation is 1. The highest BCUT2D eigenvalue weighted by Gasteiger charge is 2.35. The van der Waals surface area contributed by atoms with Crippen LogP contribution in [0.25, 0.3) is 0 Å². The number of carbonyl (C=O) groups is 4. The Morgan fingerprint density at radius 1 is 1.20 bits per heavy atom. The van der Waals surface area contributed by atoms with Crippen LogP contribution in [0.1, 0.15) is 40.7 Å². The van der Waals surface area contributed by atoms with Crippen molar-refractivity contribution in [2.45, 2.75) is 38.3 Å². The molecule has 0 radical (unpaired) electrons. The van der Waals surface area contributed by atoms with Crippen molar-refractivity contribution >= 4 is 23.4 Å². The molecule has 7 heteroatoms. The molecule has 0 aliphatic heterocycles. The molecule has 1 amide bonds. The zero-order valence-electron chi connectivity index (χ0n) is 14.4. The van der Waals surface area contributed by atoms with Gasteiger partial charge in [-0.05, 0) is 37.7 Å². The second-order valence-corrected chi connectivity index (χ2v) is 6.40. The van der Waals surface area contributed by atoms with Crippen LogP contribution >= 0.6 is 0 Å². The molecule has 0 atom stereocenters. The second kappa shape index (κ2) is 8.02. The Morgan fingerprint density at radius 3 is 2.40 bits per heavy atom. The minimum absolute atomic E-state index is 0.0500. The maximum atomic E-state index is 11.9. The van der Waals surface area contributed by atoms with Gasteiger partial charge in [0.2, 0.25) is 12.0 Å². The Morgan fingerprint density at radius 2 is 1.84 bits per heavy atom. The van der Waals surface area contributed by atoms with Crippen molar-refractivity contribution in [1.29, 1.82) is 0 Å². The van der Waals surface area contributed by atoms with E-state index in [9.17, 15) is 19.2 Å². The third kappa shape index (κ3) is 4.96. The first-order valence-electron chi connectivity index (χ1n) is 8.09. The van der Waals surface area contributed by atoms with E-state index < -0.39 is 18.0 Å². The maximum Gasteiger partial charge on any atom is 0.307 e. The minimum Gasteiger partial charge on any atom is -0.446 e. The van der Waals surface area contributed by atoms with Gasteiger partial charge in [-0.3, -0.25) is 19.2 Å². The second-order valence-electron chi connectivity index (χ2n) is 6.40. The number of hydrogen-bond acceptors (Lipinski definition) is 6. The molecule has 7 nitrogen and oxygen atoms in total. The molecule has 2 N–H and O–H groups in total. The lowest BCUT2D eigenvalue weighted by Crippen LogP contribution is -2.28. The van der Waals surface area contributed by atoms with Gasteiger partial charge >= 0.3 is 5.97 Å². The van der Waals surface area contributed by atoms with Crippen LogP contribution in [0.15, 0.2) is 18.2 Å². The molecule has 0 heterocycles. The molecule has 1 aromatic carbocycles. The summed E-state index contributed by atoms with van der Waals surface area (Å²) >= 11 is 0. The molecular formula is C18H22N2O5. The lowest BCUT2D eigenvalue weighted by atomic mass is 10.0. The summed E-state index contributed by atoms with van der Waals surface area (Å²) in [7, 11) is 3.76. The lowest BCUT2D eigenvalue weighted by molar-refractivity contribution is -0.157. The van der Waals surface area contributed by atoms with Gasteiger partial charge in [-0.25, -0.2) is 0 Å². The van der Waals surface area contributed by atoms with Gasteiger partial charge in [0.1, 0.15) is 0 Å². The fourth-order valence-electron chi connectivity index (χ4n) is 2.77. The summed E-state index contributed by atoms with van der Waals surface area (Å²) in [6, 6.07) is 5.21. The number of esters is 1. The van der Waals surface area contributed by atoms with E-state index in [0.717, 1.165) is 11.1 Å². The molecule has 134 valence electrons. The Hall–Kier alpha value is -2.54. The molecule has 1 aliphatic carbocycles. The number of primary amides is 1. The van der Waals surface area contributed by atoms with Crippen LogP contribution in [0.5, 0.6) is 0 Å². The molecule has 1 aromatic rings. The normalized spacial score (nSPS) is 15.0. The van der Waals surface area contributed by atoms with Crippen molar-refractivity contribution in [3.05, 3.63) is 34.9 Å². The molecule has 0 spiro atoms. The van der Waals surface area contributed by atoms with Crippen molar-refractivity contribution in [2.24, 2.45) is 5.73 Å². The van der Waals surface area contributed by atoms with Crippen LogP contribution < -0.4 is 5.73 Å². The fraction of sp³-hybridized carbons (Fsp3) is 0.444. The first-order valence-corrected chi connectivity index (χ1v) is 8.09. The molecule has 1 saturated carbocycles. The third-order valence-electron chi connectivity index (χ3n) is 3.99. The average Bonchev–Trinajstić information content (AvgIpc) is 2.84. The van der Waals surface area contributed by atoms with E-state index in [1.165, 1.54) is 0 Å². The molecule has 25 heavy (non-hydrogen) atoms. The highest BCUT2D eigenvalue weighted by Crippen LogP contribution is 2.17. The zero-order valence-corrected chi connectivity index (χ0v) is 14.4. The van der Waals surface area contributed by atoms with Gasteiger partial charge in [0.05, 0.1) is 0 Å². The summed E-state index contributed by atoms with van der Waals surface area (Å²) in [5, 5.41) is 0. The van der Waals surface area contributed by atoms with Crippen LogP contribution in [-0.2, 0) is 32.1 Å². The predicted octanol–water partition coefficient (Wildman–Crippen LogP) is 0.623. The van der Waals surface area contributed by atoms with Crippen molar-refractivity contribution in [3.63, 3.8) is 0 Å². The number of nitrogens with zero attached hydrogens (tertiary/aromatic N) is 1. The number of Topliss-reactive ketones (excluding diaryl/α,β-unsaturated/α-hetero) is 2. The van der Waals surface area contributed by atoms with Gasteiger partial charge in [-0.1, -0.05) is 12.1 Å². The standard InChI is InChI=1S/C18H22N2O5/c1-20(2)10-12-9-11(3-5-13(12)18(19)24)4-8-16(23)25-17-14(21)6-7-15(17)22/h3,5,9,17H,4,6-8,10H2,1-2H3,(H2,19,24). The molecule has 0 bridgehead atoms. The molecule has 0 saturated heterocycles. The topological polar surface area (TPSA) is 107 Å². The molecule has 1 fully saturated rings. The average molecular weight is 346 g/mol. The van der Waals surface area contributed by atoms with Gasteiger partial charge in [0, 0.05) is 31.4 Å². The number of amides is 1. The quantitative estimate of drug-likeness (QED) is 0.573. The van der Waals surface area contributed by atoms with E-state index in [4.69, 9.17) is 10.5 Å². The number of ketones is 2. The molecule has 2 rings (SSSR count). The lowest BCUT2D eigenvalue weighted by Gasteiger charge is -2.14. The summed E-state index contributed by atoms with van der Waals surface area (Å²) < 4.78 is 4.99. The predicted molar refractivity (Wildman–Crippen MR) is 89.8 cm³/mol. The molecule has 0 aromatic heterocycles. The van der Waals surface area contributed by atoms with E-state index >= 15 is 0 Å². The Bertz CT molecular complexity index is 695. The van der Waals surface area contributed by atoms with Crippen LogP contribution in [0, 0.1) is 0 Å². The number of benzene rings is 1. The Labute approximate surface area is 146 Å². The van der Waals surface area contributed by atoms with Crippen molar-refractivity contribution < 1.29 is 23.9 Å². The largest absolute Gasteiger partial charge is 0.446 e. The summed E-state index contributed by atoms with van der Waals surface area (Å²) in [6.45, 7) is 0.543. The van der Waals surface area contributed by atoms with Gasteiger partial charge < -0.3 is 15.4 Å². The van der Waals surface area contributed by atoms with Gasteiger partial charge in [0.25, 0.3) is 0 Å². The van der Waals surface area contributed by atoms with Crippen molar-refractivity contribution in [1.82, 2.24) is 4.90 Å². The number of hydrogen-bond donors (Lipinski definition) is 1. The number of carbonyl (C=O) groups excluding carboxylic acids is 4. The number of rotatable bonds is 7. The maximum absolute atomic E-state index is 11.9. The summed E-state index contributed by atoms with van der Waals surface area (Å²) in [6.07, 6.45) is -0.519. The molecule has 1 aliphatic rings. The number of nitrogens with two attached hydrogens (primary N) is 1. The highest BCUT2D eigenvalue weighted by molar-refractivity contribution is 6.12. The Kier molecular flexibility index (Phi) is 6.03. The van der Waals surface area contributed by atoms with E-state index in [0.29, 0.717) is 18.5 Å². The fourth-order valence-corrected chi connectivity index (χ4v) is 2.77. The first-order chi connectivity index (χ1) is 11.8. The summed E-state index contributed by atoms with van der Waals surface area (Å²) in [4.78, 5) is 48.3. The SMILES string of the molecule is CN(C)Cc1cc(CCC(=O)OC2C(=O)CCC2=O)ccc1C(N)=O. The van der Waals surface area contributed by atoms with E-state index in [1.54, 1.807) is 12.1 Å². The van der Waals surface area contributed by atoms with Gasteiger partial charge in [-0.2, -0.15) is 0 Å². The number of ether oxygens (including phenoxy) is 1. The Balaban J connectivity index is 2.00. The van der Waals surface area contributed by atoms with Crippen LogP contribution in [-0.4, -0.2) is 48.5 Å². The zero-order chi connectivity index (χ0) is 18.6. The van der Waals surface area contributed by atoms with E-state index in [2.05, 4.69) is 0 Å². The van der Waals surface area contributed by atoms with E-state index in [1.807, 2.05) is 25.1 Å². The van der Waals surface area contributed by atoms with Crippen LogP contribution in [0.3, 0.4) is 0 Å². The van der Waals surface area contributed by atoms with Gasteiger partial charge in [0.15, 0.2) is 11.6 Å². The van der Waals surface area contributed by atoms with Crippen molar-refractivity contribution in [2.75, 3.05) is 14.1 Å². The van der Waals surface area contributed by atoms with Crippen LogP contribution in [0.4, 0.5) is 0 Å². The smallest absolute Gasteiger partial charge is 0.307 e. The van der Waals surface area contributed by atoms with Gasteiger partial charge in [-0.15, -0.1) is 0 Å². The summed E-state index contributed by atoms with van der Waals surface area (Å²) in [5.74, 6) is -1.75. The molecule has 0 unspecified atom stereocenters. The molecular weight excluding hydrogens is 324 g/mol. The first kappa shape index (κ1) is 18.8. The van der Waals surface area contributed by atoms with Crippen molar-refractivity contribution in [3.8, 4) is 0 Å².